The van der Waals surface area contributed by atoms with Crippen molar-refractivity contribution >= 4 is 17.8 Å². The molecule has 1 amide bonds. The van der Waals surface area contributed by atoms with Crippen molar-refractivity contribution in [3.05, 3.63) is 65.5 Å². The molecule has 0 aliphatic carbocycles. The molecule has 108 valence electrons. The Kier molecular flexibility index (Phi) is 4.66. The maximum atomic E-state index is 13.4. The van der Waals surface area contributed by atoms with E-state index in [-0.39, 0.29) is 5.56 Å². The van der Waals surface area contributed by atoms with Crippen molar-refractivity contribution in [3.63, 3.8) is 0 Å². The summed E-state index contributed by atoms with van der Waals surface area (Å²) in [6.07, 6.45) is 1.51. The van der Waals surface area contributed by atoms with Crippen LogP contribution >= 0.6 is 0 Å². The van der Waals surface area contributed by atoms with Gasteiger partial charge in [0.05, 0.1) is 11.8 Å². The number of hydrogen-bond donors (Lipinski definition) is 1. The number of carbonyl (C=O) groups is 1. The molecule has 2 rings (SSSR count). The number of benzene rings is 2. The van der Waals surface area contributed by atoms with Crippen molar-refractivity contribution in [1.29, 1.82) is 0 Å². The smallest absolute Gasteiger partial charge is 0.274 e. The average Bonchev–Trinajstić information content (AvgIpc) is 2.48. The summed E-state index contributed by atoms with van der Waals surface area (Å²) < 4.78 is 13.4. The third-order valence-corrected chi connectivity index (χ3v) is 2.91. The first-order valence-electron chi connectivity index (χ1n) is 6.43. The summed E-state index contributed by atoms with van der Waals surface area (Å²) in [4.78, 5) is 13.7. The molecule has 0 heterocycles. The normalized spacial score (nSPS) is 10.6. The first kappa shape index (κ1) is 14.7. The van der Waals surface area contributed by atoms with E-state index in [1.807, 2.05) is 43.3 Å². The number of nitrogens with one attached hydrogen (secondary N) is 1. The Bertz CT molecular complexity index is 651. The van der Waals surface area contributed by atoms with Crippen LogP contribution in [0.25, 0.3) is 0 Å². The maximum Gasteiger partial charge on any atom is 0.274 e. The minimum atomic E-state index is -0.575. The van der Waals surface area contributed by atoms with E-state index in [4.69, 9.17) is 0 Å². The van der Waals surface area contributed by atoms with Gasteiger partial charge in [-0.3, -0.25) is 4.79 Å². The highest BCUT2D eigenvalue weighted by atomic mass is 19.1. The van der Waals surface area contributed by atoms with Gasteiger partial charge in [0.1, 0.15) is 5.82 Å². The largest absolute Gasteiger partial charge is 0.378 e. The fourth-order valence-corrected chi connectivity index (χ4v) is 1.73. The Labute approximate surface area is 122 Å². The molecule has 4 nitrogen and oxygen atoms in total. The Hall–Kier alpha value is -2.69. The first-order valence-corrected chi connectivity index (χ1v) is 6.43. The number of nitrogens with zero attached hydrogens (tertiary/aromatic N) is 2. The number of amides is 1. The van der Waals surface area contributed by atoms with E-state index in [1.54, 1.807) is 6.07 Å². The number of carbonyl (C=O) groups excluding carboxylic acids is 1. The highest BCUT2D eigenvalue weighted by Gasteiger charge is 2.08. The third kappa shape index (κ3) is 3.89. The van der Waals surface area contributed by atoms with Gasteiger partial charge in [-0.2, -0.15) is 5.10 Å². The van der Waals surface area contributed by atoms with Crippen LogP contribution in [0.4, 0.5) is 10.1 Å². The average molecular weight is 285 g/mol. The second kappa shape index (κ2) is 6.65. The fourth-order valence-electron chi connectivity index (χ4n) is 1.73. The van der Waals surface area contributed by atoms with Gasteiger partial charge < -0.3 is 4.90 Å². The van der Waals surface area contributed by atoms with Crippen LogP contribution in [0.1, 0.15) is 15.9 Å². The van der Waals surface area contributed by atoms with Crippen molar-refractivity contribution in [2.75, 3.05) is 19.0 Å². The second-order valence-electron chi connectivity index (χ2n) is 4.66. The van der Waals surface area contributed by atoms with Gasteiger partial charge in [0, 0.05) is 19.8 Å². The Morgan fingerprint density at radius 2 is 1.81 bits per heavy atom. The summed E-state index contributed by atoms with van der Waals surface area (Å²) in [6, 6.07) is 13.4. The molecule has 2 aromatic rings. The van der Waals surface area contributed by atoms with Crippen LogP contribution in [0.5, 0.6) is 0 Å². The summed E-state index contributed by atoms with van der Waals surface area (Å²) in [5.74, 6) is -1.14. The van der Waals surface area contributed by atoms with Gasteiger partial charge in [0.2, 0.25) is 0 Å². The van der Waals surface area contributed by atoms with E-state index in [1.165, 1.54) is 24.4 Å². The summed E-state index contributed by atoms with van der Waals surface area (Å²) >= 11 is 0. The molecule has 0 saturated heterocycles. The molecule has 0 unspecified atom stereocenters. The zero-order valence-corrected chi connectivity index (χ0v) is 11.9. The van der Waals surface area contributed by atoms with E-state index in [0.29, 0.717) is 0 Å². The Morgan fingerprint density at radius 1 is 1.14 bits per heavy atom. The minimum Gasteiger partial charge on any atom is -0.378 e. The molecule has 1 N–H and O–H groups in total. The quantitative estimate of drug-likeness (QED) is 0.693. The zero-order valence-electron chi connectivity index (χ0n) is 11.9. The van der Waals surface area contributed by atoms with E-state index >= 15 is 0 Å². The number of hydrazone groups is 1. The lowest BCUT2D eigenvalue weighted by Crippen LogP contribution is -2.18. The van der Waals surface area contributed by atoms with Crippen LogP contribution in [0.15, 0.2) is 53.6 Å². The van der Waals surface area contributed by atoms with Crippen molar-refractivity contribution in [1.82, 2.24) is 5.43 Å². The van der Waals surface area contributed by atoms with Gasteiger partial charge >= 0.3 is 0 Å². The molecule has 0 saturated carbocycles. The second-order valence-corrected chi connectivity index (χ2v) is 4.66. The van der Waals surface area contributed by atoms with E-state index in [9.17, 15) is 9.18 Å². The van der Waals surface area contributed by atoms with Crippen LogP contribution in [0.2, 0.25) is 0 Å². The molecule has 0 spiro atoms. The highest BCUT2D eigenvalue weighted by Crippen LogP contribution is 2.11. The van der Waals surface area contributed by atoms with Crippen molar-refractivity contribution in [2.24, 2.45) is 5.10 Å². The molecular weight excluding hydrogens is 269 g/mol. The third-order valence-electron chi connectivity index (χ3n) is 2.91. The number of halogens is 1. The van der Waals surface area contributed by atoms with Gasteiger partial charge in [0.15, 0.2) is 0 Å². The van der Waals surface area contributed by atoms with Crippen LogP contribution in [0.3, 0.4) is 0 Å². The molecule has 0 aromatic heterocycles. The monoisotopic (exact) mass is 285 g/mol. The number of anilines is 1. The van der Waals surface area contributed by atoms with E-state index in [0.717, 1.165) is 11.3 Å². The molecule has 0 aliphatic rings. The molecule has 0 aliphatic heterocycles. The molecule has 0 radical (unpaired) electrons. The van der Waals surface area contributed by atoms with Gasteiger partial charge in [-0.05, 0) is 29.8 Å². The van der Waals surface area contributed by atoms with Crippen LogP contribution in [-0.4, -0.2) is 26.2 Å². The van der Waals surface area contributed by atoms with Gasteiger partial charge in [-0.1, -0.05) is 24.3 Å². The lowest BCUT2D eigenvalue weighted by atomic mass is 10.2. The van der Waals surface area contributed by atoms with Gasteiger partial charge in [-0.15, -0.1) is 0 Å². The predicted octanol–water partition coefficient (Wildman–Crippen LogP) is 2.66. The maximum absolute atomic E-state index is 13.4. The van der Waals surface area contributed by atoms with Crippen molar-refractivity contribution in [3.8, 4) is 0 Å². The van der Waals surface area contributed by atoms with Crippen LogP contribution in [-0.2, 0) is 0 Å². The molecule has 0 atom stereocenters. The highest BCUT2D eigenvalue weighted by molar-refractivity contribution is 5.95. The molecular formula is C16H16FN3O. The predicted molar refractivity (Wildman–Crippen MR) is 82.2 cm³/mol. The van der Waals surface area contributed by atoms with Crippen LogP contribution < -0.4 is 10.3 Å². The number of rotatable bonds is 4. The SMILES string of the molecule is CN(C)c1ccc(/C=N/NC(=O)c2ccccc2F)cc1. The zero-order chi connectivity index (χ0) is 15.2. The lowest BCUT2D eigenvalue weighted by Gasteiger charge is -2.11. The van der Waals surface area contributed by atoms with E-state index in [2.05, 4.69) is 10.5 Å². The fraction of sp³-hybridized carbons (Fsp3) is 0.125. The molecule has 0 fully saturated rings. The first-order chi connectivity index (χ1) is 10.1. The molecule has 21 heavy (non-hydrogen) atoms. The van der Waals surface area contributed by atoms with Gasteiger partial charge in [-0.25, -0.2) is 9.82 Å². The van der Waals surface area contributed by atoms with E-state index < -0.39 is 11.7 Å². The molecule has 2 aromatic carbocycles. The Morgan fingerprint density at radius 3 is 2.43 bits per heavy atom. The minimum absolute atomic E-state index is 0.0300. The Balaban J connectivity index is 1.99. The topological polar surface area (TPSA) is 44.7 Å². The lowest BCUT2D eigenvalue weighted by molar-refractivity contribution is 0.0951. The summed E-state index contributed by atoms with van der Waals surface area (Å²) in [6.45, 7) is 0. The number of hydrogen-bond acceptors (Lipinski definition) is 3. The molecule has 0 bridgehead atoms. The van der Waals surface area contributed by atoms with Crippen LogP contribution in [0, 0.1) is 5.82 Å². The summed E-state index contributed by atoms with van der Waals surface area (Å²) in [7, 11) is 3.91. The van der Waals surface area contributed by atoms with Crippen molar-refractivity contribution in [2.45, 2.75) is 0 Å². The van der Waals surface area contributed by atoms with Crippen molar-refractivity contribution < 1.29 is 9.18 Å². The summed E-state index contributed by atoms with van der Waals surface area (Å²) in [5, 5.41) is 3.83. The standard InChI is InChI=1S/C16H16FN3O/c1-20(2)13-9-7-12(8-10-13)11-18-19-16(21)14-5-3-4-6-15(14)17/h3-11H,1-2H3,(H,19,21)/b18-11+. The summed E-state index contributed by atoms with van der Waals surface area (Å²) in [5.41, 5.74) is 4.19. The molecule has 5 heteroatoms. The van der Waals surface area contributed by atoms with Gasteiger partial charge in [0.25, 0.3) is 5.91 Å².